The SMILES string of the molecule is CCN(CC)S(=O)(=O)c1cc(C(=O)NCc2ccc(CN3CCCC(C)C3)cc2)n(C)c1. The summed E-state index contributed by atoms with van der Waals surface area (Å²) in [6.45, 7) is 10.4. The summed E-state index contributed by atoms with van der Waals surface area (Å²) in [6.07, 6.45) is 4.08. The number of aryl methyl sites for hydroxylation is 1. The minimum absolute atomic E-state index is 0.144. The zero-order valence-electron chi connectivity index (χ0n) is 19.7. The molecule has 0 spiro atoms. The van der Waals surface area contributed by atoms with Gasteiger partial charge in [-0.05, 0) is 42.5 Å². The summed E-state index contributed by atoms with van der Waals surface area (Å²) in [6, 6.07) is 9.79. The van der Waals surface area contributed by atoms with Crippen molar-refractivity contribution in [2.45, 2.75) is 51.6 Å². The van der Waals surface area contributed by atoms with Crippen molar-refractivity contribution in [3.63, 3.8) is 0 Å². The summed E-state index contributed by atoms with van der Waals surface area (Å²) in [4.78, 5) is 15.3. The van der Waals surface area contributed by atoms with E-state index in [2.05, 4.69) is 29.3 Å². The van der Waals surface area contributed by atoms with E-state index in [4.69, 9.17) is 0 Å². The van der Waals surface area contributed by atoms with Gasteiger partial charge >= 0.3 is 0 Å². The first-order chi connectivity index (χ1) is 15.2. The number of carbonyl (C=O) groups excluding carboxylic acids is 1. The molecule has 1 fully saturated rings. The molecule has 2 heterocycles. The van der Waals surface area contributed by atoms with Crippen LogP contribution in [0.1, 0.15) is 55.2 Å². The molecule has 1 atom stereocenters. The van der Waals surface area contributed by atoms with Crippen LogP contribution in [-0.4, -0.2) is 54.3 Å². The molecule has 8 heteroatoms. The molecule has 2 aromatic rings. The van der Waals surface area contributed by atoms with Crippen LogP contribution in [0.25, 0.3) is 0 Å². The van der Waals surface area contributed by atoms with Crippen LogP contribution in [0.3, 0.4) is 0 Å². The Morgan fingerprint density at radius 2 is 1.81 bits per heavy atom. The van der Waals surface area contributed by atoms with E-state index in [-0.39, 0.29) is 10.8 Å². The van der Waals surface area contributed by atoms with Crippen LogP contribution in [0, 0.1) is 5.92 Å². The molecule has 1 aromatic carbocycles. The van der Waals surface area contributed by atoms with Crippen LogP contribution in [0.15, 0.2) is 41.4 Å². The summed E-state index contributed by atoms with van der Waals surface area (Å²) in [5, 5.41) is 2.91. The van der Waals surface area contributed by atoms with E-state index in [0.29, 0.717) is 25.3 Å². The van der Waals surface area contributed by atoms with Gasteiger partial charge in [0.1, 0.15) is 10.6 Å². The summed E-state index contributed by atoms with van der Waals surface area (Å²) in [7, 11) is -1.91. The van der Waals surface area contributed by atoms with Crippen molar-refractivity contribution in [3.8, 4) is 0 Å². The van der Waals surface area contributed by atoms with Crippen LogP contribution in [0.4, 0.5) is 0 Å². The molecule has 0 bridgehead atoms. The monoisotopic (exact) mass is 460 g/mol. The summed E-state index contributed by atoms with van der Waals surface area (Å²) < 4.78 is 28.4. The highest BCUT2D eigenvalue weighted by atomic mass is 32.2. The number of nitrogens with one attached hydrogen (secondary N) is 1. The lowest BCUT2D eigenvalue weighted by Gasteiger charge is -2.30. The van der Waals surface area contributed by atoms with E-state index in [1.54, 1.807) is 25.5 Å². The molecule has 176 valence electrons. The first-order valence-electron chi connectivity index (χ1n) is 11.5. The maximum absolute atomic E-state index is 12.7. The van der Waals surface area contributed by atoms with Crippen LogP contribution in [-0.2, 0) is 30.2 Å². The summed E-state index contributed by atoms with van der Waals surface area (Å²) in [5.74, 6) is 0.471. The number of hydrogen-bond donors (Lipinski definition) is 1. The zero-order chi connectivity index (χ0) is 23.3. The van der Waals surface area contributed by atoms with Crippen molar-refractivity contribution >= 4 is 15.9 Å². The van der Waals surface area contributed by atoms with Crippen LogP contribution >= 0.6 is 0 Å². The normalized spacial score (nSPS) is 17.6. The zero-order valence-corrected chi connectivity index (χ0v) is 20.5. The Kier molecular flexibility index (Phi) is 8.14. The molecular formula is C24H36N4O3S. The molecule has 0 aliphatic carbocycles. The summed E-state index contributed by atoms with van der Waals surface area (Å²) >= 11 is 0. The van der Waals surface area contributed by atoms with E-state index >= 15 is 0 Å². The van der Waals surface area contributed by atoms with E-state index in [0.717, 1.165) is 31.1 Å². The number of aromatic nitrogens is 1. The van der Waals surface area contributed by atoms with Crippen molar-refractivity contribution in [1.29, 1.82) is 0 Å². The lowest BCUT2D eigenvalue weighted by Crippen LogP contribution is -2.33. The lowest BCUT2D eigenvalue weighted by molar-refractivity contribution is 0.0942. The van der Waals surface area contributed by atoms with Gasteiger partial charge in [-0.3, -0.25) is 9.69 Å². The van der Waals surface area contributed by atoms with Crippen molar-refractivity contribution in [2.24, 2.45) is 13.0 Å². The Morgan fingerprint density at radius 3 is 2.44 bits per heavy atom. The number of amides is 1. The second kappa shape index (κ2) is 10.6. The Balaban J connectivity index is 1.59. The number of piperidine rings is 1. The maximum Gasteiger partial charge on any atom is 0.268 e. The molecule has 1 saturated heterocycles. The molecule has 32 heavy (non-hydrogen) atoms. The minimum atomic E-state index is -3.60. The number of nitrogens with zero attached hydrogens (tertiary/aromatic N) is 3. The predicted molar refractivity (Wildman–Crippen MR) is 127 cm³/mol. The van der Waals surface area contributed by atoms with Crippen molar-refractivity contribution in [1.82, 2.24) is 19.1 Å². The van der Waals surface area contributed by atoms with Gasteiger partial charge in [-0.15, -0.1) is 0 Å². The van der Waals surface area contributed by atoms with E-state index in [9.17, 15) is 13.2 Å². The van der Waals surface area contributed by atoms with Crippen molar-refractivity contribution in [2.75, 3.05) is 26.2 Å². The third-order valence-corrected chi connectivity index (χ3v) is 8.19. The number of hydrogen-bond acceptors (Lipinski definition) is 4. The molecule has 1 amide bonds. The molecule has 1 aromatic heterocycles. The number of carbonyl (C=O) groups is 1. The largest absolute Gasteiger partial charge is 0.347 e. The third-order valence-electron chi connectivity index (χ3n) is 6.18. The van der Waals surface area contributed by atoms with Gasteiger partial charge in [-0.2, -0.15) is 4.31 Å². The number of sulfonamides is 1. The van der Waals surface area contributed by atoms with Gasteiger partial charge in [-0.1, -0.05) is 45.0 Å². The standard InChI is InChI=1S/C24H36N4O3S/c1-5-28(6-2)32(30,31)22-14-23(26(4)18-22)24(29)25-15-20-9-11-21(12-10-20)17-27-13-7-8-19(3)16-27/h9-12,14,18-19H,5-8,13,15-17H2,1-4H3,(H,25,29). The second-order valence-electron chi connectivity index (χ2n) is 8.74. The fraction of sp³-hybridized carbons (Fsp3) is 0.542. The Hall–Kier alpha value is -2.16. The van der Waals surface area contributed by atoms with Crippen LogP contribution in [0.2, 0.25) is 0 Å². The number of benzene rings is 1. The molecule has 1 N–H and O–H groups in total. The van der Waals surface area contributed by atoms with E-state index < -0.39 is 10.0 Å². The maximum atomic E-state index is 12.7. The Bertz CT molecular complexity index is 1010. The molecule has 0 saturated carbocycles. The fourth-order valence-electron chi connectivity index (χ4n) is 4.34. The minimum Gasteiger partial charge on any atom is -0.347 e. The van der Waals surface area contributed by atoms with Crippen LogP contribution in [0.5, 0.6) is 0 Å². The number of likely N-dealkylation sites (tertiary alicyclic amines) is 1. The molecule has 3 rings (SSSR count). The average molecular weight is 461 g/mol. The smallest absolute Gasteiger partial charge is 0.268 e. The van der Waals surface area contributed by atoms with E-state index in [1.807, 2.05) is 12.1 Å². The Morgan fingerprint density at radius 1 is 1.16 bits per heavy atom. The number of rotatable bonds is 9. The molecule has 0 radical (unpaired) electrons. The van der Waals surface area contributed by atoms with E-state index in [1.165, 1.54) is 35.0 Å². The van der Waals surface area contributed by atoms with Crippen molar-refractivity contribution in [3.05, 3.63) is 53.3 Å². The topological polar surface area (TPSA) is 74.7 Å². The molecule has 7 nitrogen and oxygen atoms in total. The fourth-order valence-corrected chi connectivity index (χ4v) is 5.87. The molecular weight excluding hydrogens is 424 g/mol. The average Bonchev–Trinajstić information content (AvgIpc) is 3.16. The summed E-state index contributed by atoms with van der Waals surface area (Å²) in [5.41, 5.74) is 2.62. The van der Waals surface area contributed by atoms with Gasteiger partial charge in [-0.25, -0.2) is 8.42 Å². The third kappa shape index (κ3) is 5.79. The Labute approximate surface area is 192 Å². The predicted octanol–water partition coefficient (Wildman–Crippen LogP) is 3.22. The molecule has 1 aliphatic rings. The van der Waals surface area contributed by atoms with Gasteiger partial charge in [0, 0.05) is 46.0 Å². The van der Waals surface area contributed by atoms with Gasteiger partial charge in [0.2, 0.25) is 10.0 Å². The molecule has 1 aliphatic heterocycles. The highest BCUT2D eigenvalue weighted by molar-refractivity contribution is 7.89. The van der Waals surface area contributed by atoms with Crippen LogP contribution < -0.4 is 5.32 Å². The second-order valence-corrected chi connectivity index (χ2v) is 10.7. The first-order valence-corrected chi connectivity index (χ1v) is 12.9. The highest BCUT2D eigenvalue weighted by Gasteiger charge is 2.25. The quantitative estimate of drug-likeness (QED) is 0.624. The van der Waals surface area contributed by atoms with Gasteiger partial charge in [0.25, 0.3) is 5.91 Å². The molecule has 1 unspecified atom stereocenters. The highest BCUT2D eigenvalue weighted by Crippen LogP contribution is 2.19. The van der Waals surface area contributed by atoms with Gasteiger partial charge < -0.3 is 9.88 Å². The lowest BCUT2D eigenvalue weighted by atomic mass is 9.99. The first kappa shape index (κ1) is 24.5. The van der Waals surface area contributed by atoms with Gasteiger partial charge in [0.05, 0.1) is 0 Å². The van der Waals surface area contributed by atoms with Gasteiger partial charge in [0.15, 0.2) is 0 Å². The van der Waals surface area contributed by atoms with Crippen molar-refractivity contribution < 1.29 is 13.2 Å².